The molecule has 0 spiro atoms. The van der Waals surface area contributed by atoms with Gasteiger partial charge in [0, 0.05) is 67.7 Å². The molecule has 1 fully saturated rings. The Balaban J connectivity index is 1.41. The highest BCUT2D eigenvalue weighted by molar-refractivity contribution is 5.88. The average molecular weight is 512 g/mol. The molecule has 38 heavy (non-hydrogen) atoms. The van der Waals surface area contributed by atoms with Crippen LogP contribution in [0.2, 0.25) is 0 Å². The van der Waals surface area contributed by atoms with Crippen molar-refractivity contribution in [1.82, 2.24) is 14.8 Å². The second-order valence-corrected chi connectivity index (χ2v) is 9.92. The second-order valence-electron chi connectivity index (χ2n) is 9.92. The number of amides is 1. The van der Waals surface area contributed by atoms with Gasteiger partial charge in [0.1, 0.15) is 0 Å². The molecule has 6 nitrogen and oxygen atoms in total. The van der Waals surface area contributed by atoms with Crippen LogP contribution in [0.4, 0.5) is 0 Å². The number of hydrogen-bond acceptors (Lipinski definition) is 4. The van der Waals surface area contributed by atoms with Crippen LogP contribution in [0.3, 0.4) is 0 Å². The number of nitrogens with one attached hydrogen (secondary N) is 1. The Kier molecular flexibility index (Phi) is 7.99. The van der Waals surface area contributed by atoms with E-state index in [0.29, 0.717) is 17.9 Å². The van der Waals surface area contributed by atoms with Crippen LogP contribution in [0.25, 0.3) is 10.9 Å². The number of hydrogen-bond donors (Lipinski definition) is 1. The Bertz CT molecular complexity index is 1370. The highest BCUT2D eigenvalue weighted by Gasteiger charge is 2.29. The van der Waals surface area contributed by atoms with Gasteiger partial charge in [-0.3, -0.25) is 9.69 Å². The number of fused-ring (bicyclic) bond motifs is 1. The van der Waals surface area contributed by atoms with Crippen LogP contribution in [0.5, 0.6) is 11.5 Å². The molecule has 0 radical (unpaired) electrons. The minimum Gasteiger partial charge on any atom is -0.493 e. The van der Waals surface area contributed by atoms with Gasteiger partial charge in [0.05, 0.1) is 14.2 Å². The van der Waals surface area contributed by atoms with Gasteiger partial charge in [-0.05, 0) is 29.2 Å². The molecular weight excluding hydrogens is 474 g/mol. The molecule has 0 unspecified atom stereocenters. The molecule has 2 heterocycles. The van der Waals surface area contributed by atoms with E-state index in [-0.39, 0.29) is 11.8 Å². The molecule has 4 aromatic rings. The lowest BCUT2D eigenvalue weighted by atomic mass is 9.86. The molecule has 0 bridgehead atoms. The standard InChI is InChI=1S/C32H37N3O3/c1-4-24-12-8-13-25-28(21-33-31(24)25)27(26-14-9-15-29(37-2)32(26)38-3)20-30(36)35-18-16-34(17-19-35)22-23-10-6-5-7-11-23/h5-15,21,27,33H,4,16-20,22H2,1-3H3/t27-/m1/s1. The van der Waals surface area contributed by atoms with Crippen molar-refractivity contribution in [2.24, 2.45) is 0 Å². The summed E-state index contributed by atoms with van der Waals surface area (Å²) in [5, 5.41) is 1.15. The van der Waals surface area contributed by atoms with Crippen molar-refractivity contribution in [2.75, 3.05) is 40.4 Å². The summed E-state index contributed by atoms with van der Waals surface area (Å²) in [7, 11) is 3.31. The minimum atomic E-state index is -0.171. The number of aryl methyl sites for hydroxylation is 1. The number of ether oxygens (including phenoxy) is 2. The fourth-order valence-electron chi connectivity index (χ4n) is 5.70. The Labute approximate surface area is 225 Å². The van der Waals surface area contributed by atoms with Crippen molar-refractivity contribution in [1.29, 1.82) is 0 Å². The fraction of sp³-hybridized carbons (Fsp3) is 0.344. The van der Waals surface area contributed by atoms with Crippen molar-refractivity contribution in [3.8, 4) is 11.5 Å². The summed E-state index contributed by atoms with van der Waals surface area (Å²) in [6.45, 7) is 6.31. The Morgan fingerprint density at radius 1 is 0.895 bits per heavy atom. The molecule has 1 amide bonds. The molecule has 1 aliphatic rings. The number of aromatic nitrogens is 1. The van der Waals surface area contributed by atoms with Crippen molar-refractivity contribution < 1.29 is 14.3 Å². The lowest BCUT2D eigenvalue weighted by Crippen LogP contribution is -2.48. The van der Waals surface area contributed by atoms with Crippen LogP contribution < -0.4 is 9.47 Å². The summed E-state index contributed by atoms with van der Waals surface area (Å²) in [4.78, 5) is 21.7. The molecule has 1 aromatic heterocycles. The Hall–Kier alpha value is -3.77. The summed E-state index contributed by atoms with van der Waals surface area (Å²) in [6.07, 6.45) is 3.38. The maximum atomic E-state index is 13.8. The molecule has 0 aliphatic carbocycles. The first kappa shape index (κ1) is 25.9. The number of methoxy groups -OCH3 is 2. The third kappa shape index (κ3) is 5.27. The first-order valence-corrected chi connectivity index (χ1v) is 13.5. The van der Waals surface area contributed by atoms with E-state index >= 15 is 0 Å². The Morgan fingerprint density at radius 2 is 1.66 bits per heavy atom. The molecule has 1 N–H and O–H groups in total. The molecule has 198 valence electrons. The van der Waals surface area contributed by atoms with Crippen molar-refractivity contribution in [2.45, 2.75) is 32.2 Å². The van der Waals surface area contributed by atoms with Gasteiger partial charge in [0.15, 0.2) is 11.5 Å². The number of piperazine rings is 1. The van der Waals surface area contributed by atoms with Gasteiger partial charge in [0.25, 0.3) is 0 Å². The largest absolute Gasteiger partial charge is 0.493 e. The fourth-order valence-corrected chi connectivity index (χ4v) is 5.70. The molecule has 1 aliphatic heterocycles. The predicted octanol–water partition coefficient (Wildman–Crippen LogP) is 5.61. The first-order chi connectivity index (χ1) is 18.6. The maximum absolute atomic E-state index is 13.8. The van der Waals surface area contributed by atoms with Gasteiger partial charge < -0.3 is 19.4 Å². The molecule has 6 heteroatoms. The van der Waals surface area contributed by atoms with E-state index in [1.807, 2.05) is 23.1 Å². The van der Waals surface area contributed by atoms with E-state index in [9.17, 15) is 4.79 Å². The predicted molar refractivity (Wildman–Crippen MR) is 152 cm³/mol. The zero-order valence-corrected chi connectivity index (χ0v) is 22.6. The number of nitrogens with zero attached hydrogens (tertiary/aromatic N) is 2. The third-order valence-electron chi connectivity index (χ3n) is 7.75. The van der Waals surface area contributed by atoms with E-state index in [4.69, 9.17) is 9.47 Å². The lowest BCUT2D eigenvalue weighted by Gasteiger charge is -2.35. The van der Waals surface area contributed by atoms with E-state index in [0.717, 1.165) is 61.2 Å². The normalized spacial score (nSPS) is 15.0. The van der Waals surface area contributed by atoms with Crippen molar-refractivity contribution >= 4 is 16.8 Å². The second kappa shape index (κ2) is 11.7. The van der Waals surface area contributed by atoms with E-state index in [1.54, 1.807) is 14.2 Å². The van der Waals surface area contributed by atoms with Gasteiger partial charge in [-0.15, -0.1) is 0 Å². The summed E-state index contributed by atoms with van der Waals surface area (Å²) < 4.78 is 11.5. The van der Waals surface area contributed by atoms with Gasteiger partial charge in [-0.2, -0.15) is 0 Å². The zero-order valence-electron chi connectivity index (χ0n) is 22.6. The molecule has 0 saturated carbocycles. The number of benzene rings is 3. The number of para-hydroxylation sites is 2. The highest BCUT2D eigenvalue weighted by atomic mass is 16.5. The van der Waals surface area contributed by atoms with Gasteiger partial charge in [0.2, 0.25) is 5.91 Å². The van der Waals surface area contributed by atoms with Crippen LogP contribution in [0.15, 0.2) is 72.9 Å². The van der Waals surface area contributed by atoms with Crippen LogP contribution in [0.1, 0.15) is 41.5 Å². The summed E-state index contributed by atoms with van der Waals surface area (Å²) in [5.74, 6) is 1.35. The minimum absolute atomic E-state index is 0.167. The molecule has 1 atom stereocenters. The van der Waals surface area contributed by atoms with Crippen LogP contribution in [-0.2, 0) is 17.8 Å². The number of H-pyrrole nitrogens is 1. The third-order valence-corrected chi connectivity index (χ3v) is 7.75. The summed E-state index contributed by atoms with van der Waals surface area (Å²) >= 11 is 0. The average Bonchev–Trinajstić information content (AvgIpc) is 3.40. The molecular formula is C32H37N3O3. The summed E-state index contributed by atoms with van der Waals surface area (Å²) in [6, 6.07) is 22.9. The van der Waals surface area contributed by atoms with Gasteiger partial charge >= 0.3 is 0 Å². The van der Waals surface area contributed by atoms with E-state index < -0.39 is 0 Å². The van der Waals surface area contributed by atoms with Crippen LogP contribution in [0, 0.1) is 0 Å². The number of carbonyl (C=O) groups is 1. The van der Waals surface area contributed by atoms with Crippen molar-refractivity contribution in [3.63, 3.8) is 0 Å². The van der Waals surface area contributed by atoms with Gasteiger partial charge in [-0.25, -0.2) is 0 Å². The van der Waals surface area contributed by atoms with E-state index in [2.05, 4.69) is 71.5 Å². The smallest absolute Gasteiger partial charge is 0.223 e. The van der Waals surface area contributed by atoms with Crippen LogP contribution in [-0.4, -0.2) is 61.1 Å². The number of aromatic amines is 1. The van der Waals surface area contributed by atoms with Crippen molar-refractivity contribution in [3.05, 3.63) is 95.2 Å². The highest BCUT2D eigenvalue weighted by Crippen LogP contribution is 2.42. The Morgan fingerprint density at radius 3 is 2.37 bits per heavy atom. The molecule has 1 saturated heterocycles. The lowest BCUT2D eigenvalue weighted by molar-refractivity contribution is -0.133. The first-order valence-electron chi connectivity index (χ1n) is 13.5. The van der Waals surface area contributed by atoms with Gasteiger partial charge in [-0.1, -0.05) is 67.6 Å². The number of rotatable bonds is 9. The van der Waals surface area contributed by atoms with E-state index in [1.165, 1.54) is 11.1 Å². The quantitative estimate of drug-likeness (QED) is 0.317. The zero-order chi connectivity index (χ0) is 26.5. The molecule has 3 aromatic carbocycles. The van der Waals surface area contributed by atoms with Crippen LogP contribution >= 0.6 is 0 Å². The monoisotopic (exact) mass is 511 g/mol. The molecule has 5 rings (SSSR count). The summed E-state index contributed by atoms with van der Waals surface area (Å²) in [5.41, 5.74) is 5.79. The maximum Gasteiger partial charge on any atom is 0.223 e. The number of carbonyl (C=O) groups excluding carboxylic acids is 1. The SMILES string of the molecule is CCc1cccc2c([C@H](CC(=O)N3CCN(Cc4ccccc4)CC3)c3cccc(OC)c3OC)c[nH]c12. The topological polar surface area (TPSA) is 57.8 Å².